The maximum atomic E-state index is 12.5. The Balaban J connectivity index is 1.38. The highest BCUT2D eigenvalue weighted by molar-refractivity contribution is 5.93. The molecular weight excluding hydrogens is 468 g/mol. The van der Waals surface area contributed by atoms with Gasteiger partial charge in [-0.3, -0.25) is 9.59 Å². The van der Waals surface area contributed by atoms with Gasteiger partial charge in [0.15, 0.2) is 0 Å². The molecule has 0 N–H and O–H groups in total. The van der Waals surface area contributed by atoms with E-state index in [-0.39, 0.29) is 0 Å². The number of rotatable bonds is 10. The van der Waals surface area contributed by atoms with Gasteiger partial charge in [0.25, 0.3) is 0 Å². The van der Waals surface area contributed by atoms with Crippen molar-refractivity contribution in [2.75, 3.05) is 14.2 Å². The van der Waals surface area contributed by atoms with Crippen LogP contribution in [0.3, 0.4) is 0 Å². The normalized spacial score (nSPS) is 10.4. The molecule has 0 heterocycles. The molecule has 0 spiro atoms. The molecule has 0 saturated carbocycles. The standard InChI is InChI=1S/C31H28O6/c1-34-28-15-13-26(19-24(28)17-22-9-5-3-6-10-22)36-30(32)21-31(33)37-27-14-16-29(35-2)25(20-27)18-23-11-7-4-8-12-23/h3-16,19-20H,17-18,21H2,1-2H3. The lowest BCUT2D eigenvalue weighted by atomic mass is 10.0. The average molecular weight is 497 g/mol. The van der Waals surface area contributed by atoms with Gasteiger partial charge in [0.1, 0.15) is 29.4 Å². The summed E-state index contributed by atoms with van der Waals surface area (Å²) in [5.41, 5.74) is 3.93. The van der Waals surface area contributed by atoms with Crippen molar-refractivity contribution in [3.63, 3.8) is 0 Å². The van der Waals surface area contributed by atoms with Gasteiger partial charge in [0.05, 0.1) is 14.2 Å². The summed E-state index contributed by atoms with van der Waals surface area (Å²) in [6, 6.07) is 30.0. The van der Waals surface area contributed by atoms with Crippen molar-refractivity contribution in [1.29, 1.82) is 0 Å². The highest BCUT2D eigenvalue weighted by Crippen LogP contribution is 2.28. The summed E-state index contributed by atoms with van der Waals surface area (Å²) in [5.74, 6) is 0.624. The van der Waals surface area contributed by atoms with E-state index < -0.39 is 18.4 Å². The fraction of sp³-hybridized carbons (Fsp3) is 0.161. The summed E-state index contributed by atoms with van der Waals surface area (Å²) in [6.45, 7) is 0. The van der Waals surface area contributed by atoms with E-state index in [1.54, 1.807) is 50.6 Å². The molecule has 4 aromatic carbocycles. The molecule has 0 fully saturated rings. The first-order chi connectivity index (χ1) is 18.0. The van der Waals surface area contributed by atoms with Crippen molar-refractivity contribution in [3.8, 4) is 23.0 Å². The Labute approximate surface area is 216 Å². The third-order valence-electron chi connectivity index (χ3n) is 5.73. The van der Waals surface area contributed by atoms with Gasteiger partial charge in [-0.15, -0.1) is 0 Å². The van der Waals surface area contributed by atoms with Gasteiger partial charge in [0.2, 0.25) is 0 Å². The van der Waals surface area contributed by atoms with Gasteiger partial charge in [-0.1, -0.05) is 60.7 Å². The van der Waals surface area contributed by atoms with E-state index in [0.717, 1.165) is 22.3 Å². The monoisotopic (exact) mass is 496 g/mol. The van der Waals surface area contributed by atoms with Gasteiger partial charge in [-0.25, -0.2) is 0 Å². The quantitative estimate of drug-likeness (QED) is 0.157. The Kier molecular flexibility index (Phi) is 8.55. The first kappa shape index (κ1) is 25.5. The summed E-state index contributed by atoms with van der Waals surface area (Å²) in [5, 5.41) is 0. The Bertz CT molecular complexity index is 1240. The molecule has 6 heteroatoms. The van der Waals surface area contributed by atoms with Crippen molar-refractivity contribution in [2.24, 2.45) is 0 Å². The molecule has 0 unspecified atom stereocenters. The van der Waals surface area contributed by atoms with Crippen LogP contribution in [-0.4, -0.2) is 26.2 Å². The van der Waals surface area contributed by atoms with Crippen LogP contribution in [0.15, 0.2) is 97.1 Å². The summed E-state index contributed by atoms with van der Waals surface area (Å²) in [4.78, 5) is 24.9. The molecule has 0 aliphatic rings. The molecule has 188 valence electrons. The zero-order valence-corrected chi connectivity index (χ0v) is 20.8. The maximum Gasteiger partial charge on any atom is 0.322 e. The van der Waals surface area contributed by atoms with E-state index in [1.165, 1.54) is 0 Å². The predicted octanol–water partition coefficient (Wildman–Crippen LogP) is 5.79. The van der Waals surface area contributed by atoms with Crippen molar-refractivity contribution < 1.29 is 28.5 Å². The Hall–Kier alpha value is -4.58. The second kappa shape index (κ2) is 12.4. The van der Waals surface area contributed by atoms with Gasteiger partial charge in [0, 0.05) is 24.0 Å². The predicted molar refractivity (Wildman–Crippen MR) is 140 cm³/mol. The topological polar surface area (TPSA) is 71.1 Å². The minimum absolute atomic E-state index is 0.333. The molecule has 4 rings (SSSR count). The lowest BCUT2D eigenvalue weighted by Gasteiger charge is -2.12. The number of esters is 2. The second-order valence-corrected chi connectivity index (χ2v) is 8.40. The molecule has 0 aromatic heterocycles. The van der Waals surface area contributed by atoms with Crippen LogP contribution in [0, 0.1) is 0 Å². The van der Waals surface area contributed by atoms with Crippen LogP contribution in [-0.2, 0) is 22.4 Å². The summed E-state index contributed by atoms with van der Waals surface area (Å²) in [6.07, 6.45) is 0.695. The van der Waals surface area contributed by atoms with E-state index in [9.17, 15) is 9.59 Å². The molecule has 37 heavy (non-hydrogen) atoms. The molecule has 0 atom stereocenters. The number of hydrogen-bond donors (Lipinski definition) is 0. The van der Waals surface area contributed by atoms with Gasteiger partial charge in [-0.2, -0.15) is 0 Å². The van der Waals surface area contributed by atoms with Crippen LogP contribution in [0.5, 0.6) is 23.0 Å². The Morgan fingerprint density at radius 1 is 0.568 bits per heavy atom. The van der Waals surface area contributed by atoms with Crippen molar-refractivity contribution in [3.05, 3.63) is 119 Å². The summed E-state index contributed by atoms with van der Waals surface area (Å²) < 4.78 is 21.7. The third kappa shape index (κ3) is 7.21. The number of carbonyl (C=O) groups excluding carboxylic acids is 2. The molecular formula is C31H28O6. The van der Waals surface area contributed by atoms with Gasteiger partial charge in [-0.05, 0) is 47.5 Å². The lowest BCUT2D eigenvalue weighted by molar-refractivity contribution is -0.144. The highest BCUT2D eigenvalue weighted by atomic mass is 16.6. The average Bonchev–Trinajstić information content (AvgIpc) is 2.90. The number of methoxy groups -OCH3 is 2. The summed E-state index contributed by atoms with van der Waals surface area (Å²) in [7, 11) is 3.19. The Morgan fingerprint density at radius 3 is 1.35 bits per heavy atom. The maximum absolute atomic E-state index is 12.5. The zero-order chi connectivity index (χ0) is 26.0. The minimum Gasteiger partial charge on any atom is -0.496 e. The van der Waals surface area contributed by atoms with Crippen LogP contribution >= 0.6 is 0 Å². The zero-order valence-electron chi connectivity index (χ0n) is 20.8. The Morgan fingerprint density at radius 2 is 0.973 bits per heavy atom. The minimum atomic E-state index is -0.709. The smallest absolute Gasteiger partial charge is 0.322 e. The van der Waals surface area contributed by atoms with Gasteiger partial charge < -0.3 is 18.9 Å². The van der Waals surface area contributed by atoms with Crippen LogP contribution < -0.4 is 18.9 Å². The fourth-order valence-electron chi connectivity index (χ4n) is 4.00. The van der Waals surface area contributed by atoms with E-state index in [1.807, 2.05) is 60.7 Å². The first-order valence-corrected chi connectivity index (χ1v) is 11.9. The van der Waals surface area contributed by atoms with Crippen LogP contribution in [0.1, 0.15) is 28.7 Å². The van der Waals surface area contributed by atoms with Crippen molar-refractivity contribution in [1.82, 2.24) is 0 Å². The molecule has 0 bridgehead atoms. The summed E-state index contributed by atoms with van der Waals surface area (Å²) >= 11 is 0. The van der Waals surface area contributed by atoms with E-state index in [4.69, 9.17) is 18.9 Å². The van der Waals surface area contributed by atoms with E-state index in [2.05, 4.69) is 0 Å². The fourth-order valence-corrected chi connectivity index (χ4v) is 4.00. The number of hydrogen-bond acceptors (Lipinski definition) is 6. The van der Waals surface area contributed by atoms with Crippen molar-refractivity contribution in [2.45, 2.75) is 19.3 Å². The number of benzene rings is 4. The first-order valence-electron chi connectivity index (χ1n) is 11.9. The molecule has 0 saturated heterocycles. The molecule has 4 aromatic rings. The lowest BCUT2D eigenvalue weighted by Crippen LogP contribution is -2.18. The molecule has 0 aliphatic carbocycles. The number of ether oxygens (including phenoxy) is 4. The van der Waals surface area contributed by atoms with Gasteiger partial charge >= 0.3 is 11.9 Å². The second-order valence-electron chi connectivity index (χ2n) is 8.40. The van der Waals surface area contributed by atoms with E-state index >= 15 is 0 Å². The number of carbonyl (C=O) groups is 2. The molecule has 0 amide bonds. The molecule has 6 nitrogen and oxygen atoms in total. The SMILES string of the molecule is COc1ccc(OC(=O)CC(=O)Oc2ccc(OC)c(Cc3ccccc3)c2)cc1Cc1ccccc1. The van der Waals surface area contributed by atoms with Crippen LogP contribution in [0.25, 0.3) is 0 Å². The van der Waals surface area contributed by atoms with Crippen LogP contribution in [0.2, 0.25) is 0 Å². The third-order valence-corrected chi connectivity index (χ3v) is 5.73. The van der Waals surface area contributed by atoms with Crippen LogP contribution in [0.4, 0.5) is 0 Å². The highest BCUT2D eigenvalue weighted by Gasteiger charge is 2.16. The van der Waals surface area contributed by atoms with Crippen molar-refractivity contribution >= 4 is 11.9 Å². The van der Waals surface area contributed by atoms with E-state index in [0.29, 0.717) is 35.8 Å². The largest absolute Gasteiger partial charge is 0.496 e. The molecule has 0 aliphatic heterocycles. The molecule has 0 radical (unpaired) electrons.